The molecule has 1 unspecified atom stereocenters. The lowest BCUT2D eigenvalue weighted by molar-refractivity contribution is -0.143. The number of hydrogen-bond donors (Lipinski definition) is 3. The monoisotopic (exact) mass is 358 g/mol. The first-order valence-electron chi connectivity index (χ1n) is 7.31. The van der Waals surface area contributed by atoms with Gasteiger partial charge in [-0.1, -0.05) is 13.0 Å². The van der Waals surface area contributed by atoms with E-state index in [9.17, 15) is 23.1 Å². The zero-order chi connectivity index (χ0) is 18.4. The molecule has 134 valence electrons. The molecule has 0 aliphatic carbocycles. The summed E-state index contributed by atoms with van der Waals surface area (Å²) in [7, 11) is -2.33. The summed E-state index contributed by atoms with van der Waals surface area (Å²) in [5.41, 5.74) is -1.37. The minimum Gasteiger partial charge on any atom is -0.480 e. The Morgan fingerprint density at radius 2 is 2.00 bits per heavy atom. The van der Waals surface area contributed by atoms with Crippen LogP contribution < -0.4 is 10.0 Å². The van der Waals surface area contributed by atoms with Crippen LogP contribution in [0.1, 0.15) is 30.6 Å². The van der Waals surface area contributed by atoms with Crippen molar-refractivity contribution in [1.29, 1.82) is 0 Å². The number of ether oxygens (including phenoxy) is 1. The molecule has 0 saturated carbocycles. The Kier molecular flexibility index (Phi) is 6.88. The maximum Gasteiger partial charge on any atom is 0.329 e. The van der Waals surface area contributed by atoms with Gasteiger partial charge in [0.15, 0.2) is 0 Å². The number of rotatable bonds is 9. The van der Waals surface area contributed by atoms with Crippen LogP contribution in [0.3, 0.4) is 0 Å². The molecule has 8 nitrogen and oxygen atoms in total. The molecule has 0 spiro atoms. The van der Waals surface area contributed by atoms with Crippen molar-refractivity contribution >= 4 is 21.9 Å². The molecule has 0 aliphatic heterocycles. The number of carbonyl (C=O) groups excluding carboxylic acids is 1. The van der Waals surface area contributed by atoms with E-state index in [1.165, 1.54) is 38.3 Å². The van der Waals surface area contributed by atoms with E-state index in [-0.39, 0.29) is 30.0 Å². The summed E-state index contributed by atoms with van der Waals surface area (Å²) in [6.45, 7) is 3.34. The average molecular weight is 358 g/mol. The number of carboxylic acid groups (broad SMARTS) is 1. The Morgan fingerprint density at radius 1 is 1.33 bits per heavy atom. The van der Waals surface area contributed by atoms with Gasteiger partial charge in [0, 0.05) is 19.2 Å². The van der Waals surface area contributed by atoms with Crippen molar-refractivity contribution in [2.75, 3.05) is 20.3 Å². The number of carbonyl (C=O) groups is 2. The maximum absolute atomic E-state index is 12.3. The van der Waals surface area contributed by atoms with E-state index in [2.05, 4.69) is 10.0 Å². The van der Waals surface area contributed by atoms with Gasteiger partial charge in [0.2, 0.25) is 10.0 Å². The van der Waals surface area contributed by atoms with Crippen LogP contribution in [0.2, 0.25) is 0 Å². The average Bonchev–Trinajstić information content (AvgIpc) is 2.54. The van der Waals surface area contributed by atoms with Gasteiger partial charge in [-0.25, -0.2) is 17.9 Å². The molecule has 0 heterocycles. The van der Waals surface area contributed by atoms with Crippen molar-refractivity contribution in [3.05, 3.63) is 29.8 Å². The zero-order valence-corrected chi connectivity index (χ0v) is 14.6. The van der Waals surface area contributed by atoms with Crippen LogP contribution in [-0.2, 0) is 19.6 Å². The van der Waals surface area contributed by atoms with E-state index in [1.807, 2.05) is 0 Å². The lowest BCUT2D eigenvalue weighted by Crippen LogP contribution is -2.51. The minimum absolute atomic E-state index is 0.0607. The summed E-state index contributed by atoms with van der Waals surface area (Å²) < 4.78 is 31.4. The summed E-state index contributed by atoms with van der Waals surface area (Å²) >= 11 is 0. The van der Waals surface area contributed by atoms with E-state index >= 15 is 0 Å². The highest BCUT2D eigenvalue weighted by Crippen LogP contribution is 2.14. The van der Waals surface area contributed by atoms with Gasteiger partial charge < -0.3 is 15.2 Å². The van der Waals surface area contributed by atoms with Crippen LogP contribution in [0.4, 0.5) is 0 Å². The SMILES string of the molecule is CCC(C)(NC(=O)c1cccc(S(=O)(=O)NCCOC)c1)C(=O)O. The number of nitrogens with one attached hydrogen (secondary N) is 2. The molecule has 0 radical (unpaired) electrons. The number of hydrogen-bond acceptors (Lipinski definition) is 5. The summed E-state index contributed by atoms with van der Waals surface area (Å²) in [5.74, 6) is -1.82. The highest BCUT2D eigenvalue weighted by atomic mass is 32.2. The molecule has 24 heavy (non-hydrogen) atoms. The van der Waals surface area contributed by atoms with Gasteiger partial charge in [0.25, 0.3) is 5.91 Å². The number of sulfonamides is 1. The number of amides is 1. The van der Waals surface area contributed by atoms with E-state index in [1.54, 1.807) is 6.92 Å². The third-order valence-corrected chi connectivity index (χ3v) is 5.03. The fraction of sp³-hybridized carbons (Fsp3) is 0.467. The predicted molar refractivity (Wildman–Crippen MR) is 87.3 cm³/mol. The molecular formula is C15H22N2O6S. The first-order chi connectivity index (χ1) is 11.2. The highest BCUT2D eigenvalue weighted by molar-refractivity contribution is 7.89. The summed E-state index contributed by atoms with van der Waals surface area (Å²) in [4.78, 5) is 23.4. The zero-order valence-electron chi connectivity index (χ0n) is 13.8. The standard InChI is InChI=1S/C15H22N2O6S/c1-4-15(2,14(19)20)17-13(18)11-6-5-7-12(10-11)24(21,22)16-8-9-23-3/h5-7,10,16H,4,8-9H2,1-3H3,(H,17,18)(H,19,20). The minimum atomic E-state index is -3.78. The van der Waals surface area contributed by atoms with Crippen LogP contribution >= 0.6 is 0 Å². The fourth-order valence-corrected chi connectivity index (χ4v) is 2.84. The molecule has 9 heteroatoms. The summed E-state index contributed by atoms with van der Waals surface area (Å²) in [6, 6.07) is 5.38. The second-order valence-electron chi connectivity index (χ2n) is 5.36. The van der Waals surface area contributed by atoms with Crippen LogP contribution in [0.5, 0.6) is 0 Å². The molecule has 0 aliphatic rings. The van der Waals surface area contributed by atoms with Crippen molar-refractivity contribution in [2.45, 2.75) is 30.7 Å². The van der Waals surface area contributed by atoms with Gasteiger partial charge in [-0.05, 0) is 31.5 Å². The Bertz CT molecular complexity index is 704. The largest absolute Gasteiger partial charge is 0.480 e. The van der Waals surface area contributed by atoms with Crippen molar-refractivity contribution in [1.82, 2.24) is 10.0 Å². The molecular weight excluding hydrogens is 336 g/mol. The predicted octanol–water partition coefficient (Wildman–Crippen LogP) is 0.594. The number of benzene rings is 1. The Balaban J connectivity index is 3.00. The van der Waals surface area contributed by atoms with E-state index in [0.29, 0.717) is 0 Å². The van der Waals surface area contributed by atoms with E-state index < -0.39 is 27.4 Å². The number of aliphatic carboxylic acids is 1. The molecule has 3 N–H and O–H groups in total. The van der Waals surface area contributed by atoms with Crippen molar-refractivity contribution in [2.24, 2.45) is 0 Å². The second kappa shape index (κ2) is 8.22. The molecule has 1 rings (SSSR count). The Labute approximate surface area is 141 Å². The number of methoxy groups -OCH3 is 1. The third-order valence-electron chi connectivity index (χ3n) is 3.57. The topological polar surface area (TPSA) is 122 Å². The van der Waals surface area contributed by atoms with Gasteiger partial charge in [0.1, 0.15) is 5.54 Å². The number of carboxylic acids is 1. The first-order valence-corrected chi connectivity index (χ1v) is 8.79. The lowest BCUT2D eigenvalue weighted by Gasteiger charge is -2.24. The van der Waals surface area contributed by atoms with E-state index in [4.69, 9.17) is 4.74 Å². The van der Waals surface area contributed by atoms with Gasteiger partial charge in [0.05, 0.1) is 11.5 Å². The van der Waals surface area contributed by atoms with Gasteiger partial charge in [-0.3, -0.25) is 4.79 Å². The third kappa shape index (κ3) is 5.02. The summed E-state index contributed by atoms with van der Waals surface area (Å²) in [6.07, 6.45) is 0.185. The van der Waals surface area contributed by atoms with Crippen LogP contribution in [0.15, 0.2) is 29.2 Å². The molecule has 0 bridgehead atoms. The maximum atomic E-state index is 12.3. The quantitative estimate of drug-likeness (QED) is 0.556. The van der Waals surface area contributed by atoms with Crippen molar-refractivity contribution < 1.29 is 27.9 Å². The van der Waals surface area contributed by atoms with Crippen molar-refractivity contribution in [3.8, 4) is 0 Å². The molecule has 1 aromatic rings. The van der Waals surface area contributed by atoms with Gasteiger partial charge >= 0.3 is 5.97 Å². The Morgan fingerprint density at radius 3 is 2.54 bits per heavy atom. The van der Waals surface area contributed by atoms with E-state index in [0.717, 1.165) is 0 Å². The van der Waals surface area contributed by atoms with Crippen molar-refractivity contribution in [3.63, 3.8) is 0 Å². The fourth-order valence-electron chi connectivity index (χ4n) is 1.78. The Hall–Kier alpha value is -1.97. The molecule has 0 saturated heterocycles. The van der Waals surface area contributed by atoms with Gasteiger partial charge in [-0.15, -0.1) is 0 Å². The van der Waals surface area contributed by atoms with Crippen LogP contribution in [-0.4, -0.2) is 51.2 Å². The van der Waals surface area contributed by atoms with Gasteiger partial charge in [-0.2, -0.15) is 0 Å². The molecule has 0 aromatic heterocycles. The summed E-state index contributed by atoms with van der Waals surface area (Å²) in [5, 5.41) is 11.6. The molecule has 0 fully saturated rings. The van der Waals surface area contributed by atoms with Crippen LogP contribution in [0.25, 0.3) is 0 Å². The highest BCUT2D eigenvalue weighted by Gasteiger charge is 2.33. The second-order valence-corrected chi connectivity index (χ2v) is 7.13. The molecule has 1 atom stereocenters. The molecule has 1 aromatic carbocycles. The normalized spacial score (nSPS) is 14.0. The smallest absolute Gasteiger partial charge is 0.329 e. The molecule has 1 amide bonds. The van der Waals surface area contributed by atoms with Crippen LogP contribution in [0, 0.1) is 0 Å². The first kappa shape index (κ1) is 20.1. The lowest BCUT2D eigenvalue weighted by atomic mass is 9.98.